The molecule has 0 aliphatic carbocycles. The third-order valence-electron chi connectivity index (χ3n) is 0.727. The van der Waals surface area contributed by atoms with Crippen molar-refractivity contribution in [1.82, 2.24) is 5.32 Å². The summed E-state index contributed by atoms with van der Waals surface area (Å²) in [5.41, 5.74) is -0.403. The summed E-state index contributed by atoms with van der Waals surface area (Å²) in [6.45, 7) is 1.95. The number of aliphatic hydroxyl groups excluding tert-OH is 1. The third-order valence-corrected chi connectivity index (χ3v) is 1.58. The minimum absolute atomic E-state index is 0.403. The lowest BCUT2D eigenvalue weighted by atomic mass is 10.7. The lowest BCUT2D eigenvalue weighted by Gasteiger charge is -1.96. The Morgan fingerprint density at radius 1 is 2.00 bits per heavy atom. The zero-order valence-corrected chi connectivity index (χ0v) is 4.83. The molecule has 0 aromatic carbocycles. The van der Waals surface area contributed by atoms with Crippen LogP contribution in [-0.2, 0) is 0 Å². The van der Waals surface area contributed by atoms with Crippen molar-refractivity contribution in [3.8, 4) is 0 Å². The monoisotopic (exact) mass is 117 g/mol. The van der Waals surface area contributed by atoms with Crippen LogP contribution in [0.15, 0.2) is 11.1 Å². The van der Waals surface area contributed by atoms with Crippen molar-refractivity contribution in [1.29, 1.82) is 0 Å². The molecule has 3 heteroatoms. The summed E-state index contributed by atoms with van der Waals surface area (Å²) in [7, 11) is 0. The molecule has 0 saturated carbocycles. The van der Waals surface area contributed by atoms with Gasteiger partial charge in [-0.2, -0.15) is 0 Å². The Kier molecular flexibility index (Phi) is 1.25. The molecule has 1 aliphatic rings. The number of hydrogen-bond donors (Lipinski definition) is 2. The summed E-state index contributed by atoms with van der Waals surface area (Å²) in [6.07, 6.45) is 1.80. The normalized spacial score (nSPS) is 29.4. The Morgan fingerprint density at radius 3 is 2.86 bits per heavy atom. The Bertz CT molecular complexity index is 102. The fraction of sp³-hybridized carbons (Fsp3) is 0.500. The standard InChI is InChI=1S/C4H7NOS/c1-3-2-5-4(6)7-3/h2,4-6H,1H3. The second-order valence-electron chi connectivity index (χ2n) is 1.39. The van der Waals surface area contributed by atoms with Crippen LogP contribution >= 0.6 is 11.8 Å². The van der Waals surface area contributed by atoms with Crippen LogP contribution in [0.2, 0.25) is 0 Å². The van der Waals surface area contributed by atoms with Gasteiger partial charge in [0.15, 0.2) is 5.56 Å². The van der Waals surface area contributed by atoms with Gasteiger partial charge in [-0.15, -0.1) is 0 Å². The van der Waals surface area contributed by atoms with Crippen LogP contribution in [0.1, 0.15) is 6.92 Å². The molecule has 0 bridgehead atoms. The van der Waals surface area contributed by atoms with Crippen LogP contribution in [0.25, 0.3) is 0 Å². The fourth-order valence-corrected chi connectivity index (χ4v) is 1.06. The van der Waals surface area contributed by atoms with Gasteiger partial charge < -0.3 is 10.4 Å². The quantitative estimate of drug-likeness (QED) is 0.483. The first-order valence-corrected chi connectivity index (χ1v) is 2.94. The summed E-state index contributed by atoms with van der Waals surface area (Å²) in [6, 6.07) is 0. The molecule has 2 N–H and O–H groups in total. The van der Waals surface area contributed by atoms with E-state index in [0.29, 0.717) is 0 Å². The summed E-state index contributed by atoms with van der Waals surface area (Å²) < 4.78 is 0. The van der Waals surface area contributed by atoms with Crippen LogP contribution in [0.5, 0.6) is 0 Å². The smallest absolute Gasteiger partial charge is 0.177 e. The Hall–Kier alpha value is -0.150. The van der Waals surface area contributed by atoms with Gasteiger partial charge in [0.1, 0.15) is 0 Å². The molecule has 1 atom stereocenters. The molecule has 0 aromatic heterocycles. The van der Waals surface area contributed by atoms with Crippen molar-refractivity contribution < 1.29 is 5.11 Å². The SMILES string of the molecule is CC1=CNC(O)S1. The van der Waals surface area contributed by atoms with Gasteiger partial charge >= 0.3 is 0 Å². The highest BCUT2D eigenvalue weighted by molar-refractivity contribution is 8.03. The first-order valence-electron chi connectivity index (χ1n) is 2.06. The van der Waals surface area contributed by atoms with E-state index < -0.39 is 5.56 Å². The molecule has 0 saturated heterocycles. The number of thioether (sulfide) groups is 1. The summed E-state index contributed by atoms with van der Waals surface area (Å²) in [5, 5.41) is 11.4. The average molecular weight is 117 g/mol. The molecule has 1 rings (SSSR count). The highest BCUT2D eigenvalue weighted by Crippen LogP contribution is 2.21. The lowest BCUT2D eigenvalue weighted by molar-refractivity contribution is 0.247. The Morgan fingerprint density at radius 2 is 2.71 bits per heavy atom. The summed E-state index contributed by atoms with van der Waals surface area (Å²) in [4.78, 5) is 1.13. The molecule has 1 unspecified atom stereocenters. The van der Waals surface area contributed by atoms with E-state index in [2.05, 4.69) is 5.32 Å². The molecule has 0 radical (unpaired) electrons. The van der Waals surface area contributed by atoms with Gasteiger partial charge in [-0.3, -0.25) is 0 Å². The summed E-state index contributed by atoms with van der Waals surface area (Å²) in [5.74, 6) is 0. The fourth-order valence-electron chi connectivity index (χ4n) is 0.433. The van der Waals surface area contributed by atoms with Gasteiger partial charge in [-0.05, 0) is 6.92 Å². The molecular formula is C4H7NOS. The van der Waals surface area contributed by atoms with Crippen LogP contribution in [0.4, 0.5) is 0 Å². The van der Waals surface area contributed by atoms with Crippen LogP contribution < -0.4 is 5.32 Å². The van der Waals surface area contributed by atoms with Crippen molar-refractivity contribution in [2.24, 2.45) is 0 Å². The lowest BCUT2D eigenvalue weighted by Crippen LogP contribution is -2.13. The number of hydrogen-bond acceptors (Lipinski definition) is 3. The molecule has 7 heavy (non-hydrogen) atoms. The first-order chi connectivity index (χ1) is 3.29. The molecule has 0 amide bonds. The van der Waals surface area contributed by atoms with Gasteiger partial charge in [0.2, 0.25) is 0 Å². The van der Waals surface area contributed by atoms with E-state index in [4.69, 9.17) is 5.11 Å². The molecule has 2 nitrogen and oxygen atoms in total. The highest BCUT2D eigenvalue weighted by atomic mass is 32.2. The zero-order valence-electron chi connectivity index (χ0n) is 4.01. The van der Waals surface area contributed by atoms with Crippen molar-refractivity contribution >= 4 is 11.8 Å². The van der Waals surface area contributed by atoms with Crippen LogP contribution in [-0.4, -0.2) is 10.7 Å². The maximum atomic E-state index is 8.70. The molecule has 0 aromatic rings. The van der Waals surface area contributed by atoms with E-state index in [0.717, 1.165) is 4.91 Å². The van der Waals surface area contributed by atoms with Gasteiger partial charge in [-0.25, -0.2) is 0 Å². The predicted octanol–water partition coefficient (Wildman–Crippen LogP) is 0.460. The zero-order chi connectivity index (χ0) is 5.28. The van der Waals surface area contributed by atoms with E-state index in [1.807, 2.05) is 6.92 Å². The third kappa shape index (κ3) is 1.11. The van der Waals surface area contributed by atoms with Crippen molar-refractivity contribution in [3.63, 3.8) is 0 Å². The maximum Gasteiger partial charge on any atom is 0.177 e. The number of nitrogens with one attached hydrogen (secondary N) is 1. The maximum absolute atomic E-state index is 8.70. The van der Waals surface area contributed by atoms with E-state index in [9.17, 15) is 0 Å². The number of aliphatic hydroxyl groups is 1. The predicted molar refractivity (Wildman–Crippen MR) is 30.5 cm³/mol. The van der Waals surface area contributed by atoms with Crippen molar-refractivity contribution in [2.75, 3.05) is 0 Å². The summed E-state index contributed by atoms with van der Waals surface area (Å²) >= 11 is 1.43. The van der Waals surface area contributed by atoms with E-state index in [-0.39, 0.29) is 0 Å². The second-order valence-corrected chi connectivity index (χ2v) is 2.72. The molecular weight excluding hydrogens is 110 g/mol. The Labute approximate surface area is 46.6 Å². The van der Waals surface area contributed by atoms with E-state index in [1.54, 1.807) is 6.20 Å². The first kappa shape index (κ1) is 5.00. The minimum atomic E-state index is -0.403. The highest BCUT2D eigenvalue weighted by Gasteiger charge is 2.07. The Balaban J connectivity index is 2.42. The molecule has 1 heterocycles. The number of allylic oxidation sites excluding steroid dienone is 1. The van der Waals surface area contributed by atoms with E-state index in [1.165, 1.54) is 11.8 Å². The molecule has 0 spiro atoms. The minimum Gasteiger partial charge on any atom is -0.364 e. The topological polar surface area (TPSA) is 32.3 Å². The van der Waals surface area contributed by atoms with Gasteiger partial charge in [0, 0.05) is 11.1 Å². The molecule has 40 valence electrons. The van der Waals surface area contributed by atoms with Crippen molar-refractivity contribution in [2.45, 2.75) is 12.5 Å². The van der Waals surface area contributed by atoms with Crippen LogP contribution in [0.3, 0.4) is 0 Å². The second kappa shape index (κ2) is 1.76. The van der Waals surface area contributed by atoms with Gasteiger partial charge in [0.05, 0.1) is 0 Å². The largest absolute Gasteiger partial charge is 0.364 e. The van der Waals surface area contributed by atoms with E-state index >= 15 is 0 Å². The van der Waals surface area contributed by atoms with Gasteiger partial charge in [-0.1, -0.05) is 11.8 Å². The number of rotatable bonds is 0. The molecule has 0 fully saturated rings. The average Bonchev–Trinajstić information content (AvgIpc) is 1.87. The molecule has 1 aliphatic heterocycles. The van der Waals surface area contributed by atoms with Gasteiger partial charge in [0.25, 0.3) is 0 Å². The van der Waals surface area contributed by atoms with Crippen molar-refractivity contribution in [3.05, 3.63) is 11.1 Å². The van der Waals surface area contributed by atoms with Crippen LogP contribution in [0, 0.1) is 0 Å².